The molecule has 6 heteroatoms. The molecule has 0 atom stereocenters. The minimum absolute atomic E-state index is 0.184. The van der Waals surface area contributed by atoms with Crippen LogP contribution in [-0.2, 0) is 11.2 Å². The molecule has 0 aliphatic heterocycles. The molecule has 5 nitrogen and oxygen atoms in total. The standard InChI is InChI=1S/C15H18N2O3S/c18-13(19)10-15(6-2-1-3-7-15)9-12-16-14(17-20-12)11-5-4-8-21-11/h4-5,8H,1-3,6-7,9-10H2,(H,18,19). The summed E-state index contributed by atoms with van der Waals surface area (Å²) in [6, 6.07) is 3.90. The average Bonchev–Trinajstić information content (AvgIpc) is 3.09. The Morgan fingerprint density at radius 3 is 2.86 bits per heavy atom. The zero-order chi connectivity index (χ0) is 14.7. The van der Waals surface area contributed by atoms with Gasteiger partial charge in [-0.15, -0.1) is 11.3 Å². The second kappa shape index (κ2) is 5.97. The lowest BCUT2D eigenvalue weighted by Gasteiger charge is -2.34. The first-order valence-corrected chi connectivity index (χ1v) is 8.13. The van der Waals surface area contributed by atoms with Crippen LogP contribution in [0.1, 0.15) is 44.4 Å². The van der Waals surface area contributed by atoms with Crippen molar-refractivity contribution in [1.29, 1.82) is 0 Å². The molecule has 1 saturated carbocycles. The third-order valence-electron chi connectivity index (χ3n) is 4.18. The zero-order valence-electron chi connectivity index (χ0n) is 11.7. The minimum Gasteiger partial charge on any atom is -0.481 e. The van der Waals surface area contributed by atoms with Crippen LogP contribution < -0.4 is 0 Å². The molecule has 0 radical (unpaired) electrons. The van der Waals surface area contributed by atoms with Crippen LogP contribution in [0.15, 0.2) is 22.0 Å². The Hall–Kier alpha value is -1.69. The molecule has 2 heterocycles. The van der Waals surface area contributed by atoms with Gasteiger partial charge in [0.1, 0.15) is 0 Å². The van der Waals surface area contributed by atoms with Gasteiger partial charge in [0.2, 0.25) is 11.7 Å². The third-order valence-corrected chi connectivity index (χ3v) is 5.04. The van der Waals surface area contributed by atoms with E-state index >= 15 is 0 Å². The highest BCUT2D eigenvalue weighted by Crippen LogP contribution is 2.42. The summed E-state index contributed by atoms with van der Waals surface area (Å²) in [5.74, 6) is 0.415. The highest BCUT2D eigenvalue weighted by atomic mass is 32.1. The largest absolute Gasteiger partial charge is 0.481 e. The van der Waals surface area contributed by atoms with E-state index in [1.807, 2.05) is 17.5 Å². The maximum atomic E-state index is 11.2. The van der Waals surface area contributed by atoms with Crippen molar-refractivity contribution < 1.29 is 14.4 Å². The van der Waals surface area contributed by atoms with Crippen LogP contribution in [0.4, 0.5) is 0 Å². The van der Waals surface area contributed by atoms with Crippen molar-refractivity contribution in [2.24, 2.45) is 5.41 Å². The Morgan fingerprint density at radius 2 is 2.19 bits per heavy atom. The van der Waals surface area contributed by atoms with Crippen molar-refractivity contribution in [3.8, 4) is 10.7 Å². The minimum atomic E-state index is -0.741. The molecule has 1 N–H and O–H groups in total. The molecular formula is C15H18N2O3S. The van der Waals surface area contributed by atoms with Gasteiger partial charge in [0.25, 0.3) is 0 Å². The molecule has 0 unspecified atom stereocenters. The number of carboxylic acids is 1. The Bertz CT molecular complexity index is 600. The molecule has 2 aromatic heterocycles. The topological polar surface area (TPSA) is 76.2 Å². The maximum Gasteiger partial charge on any atom is 0.303 e. The van der Waals surface area contributed by atoms with Gasteiger partial charge < -0.3 is 9.63 Å². The summed E-state index contributed by atoms with van der Waals surface area (Å²) in [6.45, 7) is 0. The molecule has 3 rings (SSSR count). The van der Waals surface area contributed by atoms with Crippen molar-refractivity contribution in [3.63, 3.8) is 0 Å². The van der Waals surface area contributed by atoms with Crippen LogP contribution in [0.2, 0.25) is 0 Å². The molecule has 0 amide bonds. The van der Waals surface area contributed by atoms with E-state index in [9.17, 15) is 9.90 Å². The first-order valence-electron chi connectivity index (χ1n) is 7.25. The molecule has 1 fully saturated rings. The number of aromatic nitrogens is 2. The number of thiophene rings is 1. The van der Waals surface area contributed by atoms with E-state index in [1.165, 1.54) is 6.42 Å². The molecular weight excluding hydrogens is 288 g/mol. The SMILES string of the molecule is O=C(O)CC1(Cc2nc(-c3cccs3)no2)CCCCC1. The number of hydrogen-bond donors (Lipinski definition) is 1. The van der Waals surface area contributed by atoms with Crippen LogP contribution >= 0.6 is 11.3 Å². The second-order valence-electron chi connectivity index (χ2n) is 5.80. The summed E-state index contributed by atoms with van der Waals surface area (Å²) in [5, 5.41) is 15.2. The van der Waals surface area contributed by atoms with Crippen LogP contribution in [0.25, 0.3) is 10.7 Å². The van der Waals surface area contributed by atoms with Crippen molar-refractivity contribution >= 4 is 17.3 Å². The van der Waals surface area contributed by atoms with Gasteiger partial charge in [0.05, 0.1) is 11.3 Å². The Kier molecular flexibility index (Phi) is 4.05. The van der Waals surface area contributed by atoms with E-state index in [0.29, 0.717) is 18.1 Å². The summed E-state index contributed by atoms with van der Waals surface area (Å²) < 4.78 is 5.35. The molecule has 0 bridgehead atoms. The number of rotatable bonds is 5. The van der Waals surface area contributed by atoms with Crippen LogP contribution in [0, 0.1) is 5.41 Å². The highest BCUT2D eigenvalue weighted by Gasteiger charge is 2.36. The Morgan fingerprint density at radius 1 is 1.38 bits per heavy atom. The van der Waals surface area contributed by atoms with Gasteiger partial charge in [0, 0.05) is 6.42 Å². The number of carbonyl (C=O) groups is 1. The van der Waals surface area contributed by atoms with Gasteiger partial charge >= 0.3 is 5.97 Å². The fourth-order valence-electron chi connectivity index (χ4n) is 3.19. The summed E-state index contributed by atoms with van der Waals surface area (Å²) >= 11 is 1.57. The molecule has 21 heavy (non-hydrogen) atoms. The summed E-state index contributed by atoms with van der Waals surface area (Å²) in [5.41, 5.74) is -0.219. The van der Waals surface area contributed by atoms with E-state index in [1.54, 1.807) is 11.3 Å². The lowest BCUT2D eigenvalue weighted by Crippen LogP contribution is -2.29. The predicted molar refractivity (Wildman–Crippen MR) is 79.1 cm³/mol. The smallest absolute Gasteiger partial charge is 0.303 e. The van der Waals surface area contributed by atoms with E-state index in [4.69, 9.17) is 4.52 Å². The fourth-order valence-corrected chi connectivity index (χ4v) is 3.84. The molecule has 0 spiro atoms. The lowest BCUT2D eigenvalue weighted by molar-refractivity contribution is -0.140. The van der Waals surface area contributed by atoms with Crippen molar-refractivity contribution in [1.82, 2.24) is 10.1 Å². The van der Waals surface area contributed by atoms with Crippen LogP contribution in [-0.4, -0.2) is 21.2 Å². The lowest BCUT2D eigenvalue weighted by atomic mass is 9.69. The highest BCUT2D eigenvalue weighted by molar-refractivity contribution is 7.13. The first kappa shape index (κ1) is 14.3. The van der Waals surface area contributed by atoms with Gasteiger partial charge in [0.15, 0.2) is 0 Å². The molecule has 0 aromatic carbocycles. The number of aliphatic carboxylic acids is 1. The summed E-state index contributed by atoms with van der Waals surface area (Å²) in [4.78, 5) is 16.6. The Balaban J connectivity index is 1.78. The van der Waals surface area contributed by atoms with E-state index in [-0.39, 0.29) is 11.8 Å². The average molecular weight is 306 g/mol. The van der Waals surface area contributed by atoms with Crippen LogP contribution in [0.5, 0.6) is 0 Å². The number of carboxylic acid groups (broad SMARTS) is 1. The van der Waals surface area contributed by atoms with Gasteiger partial charge in [-0.3, -0.25) is 4.79 Å². The van der Waals surface area contributed by atoms with E-state index in [2.05, 4.69) is 10.1 Å². The molecule has 112 valence electrons. The zero-order valence-corrected chi connectivity index (χ0v) is 12.6. The first-order chi connectivity index (χ1) is 10.2. The van der Waals surface area contributed by atoms with E-state index < -0.39 is 5.97 Å². The Labute approximate surface area is 127 Å². The van der Waals surface area contributed by atoms with Crippen molar-refractivity contribution in [3.05, 3.63) is 23.4 Å². The maximum absolute atomic E-state index is 11.2. The van der Waals surface area contributed by atoms with Gasteiger partial charge in [-0.1, -0.05) is 30.5 Å². The third kappa shape index (κ3) is 3.32. The molecule has 0 saturated heterocycles. The van der Waals surface area contributed by atoms with Gasteiger partial charge in [-0.2, -0.15) is 4.98 Å². The summed E-state index contributed by atoms with van der Waals surface area (Å²) in [6.07, 6.45) is 5.96. The molecule has 1 aliphatic rings. The van der Waals surface area contributed by atoms with Gasteiger partial charge in [-0.05, 0) is 29.7 Å². The van der Waals surface area contributed by atoms with Gasteiger partial charge in [-0.25, -0.2) is 0 Å². The molecule has 1 aliphatic carbocycles. The second-order valence-corrected chi connectivity index (χ2v) is 6.74. The summed E-state index contributed by atoms with van der Waals surface area (Å²) in [7, 11) is 0. The monoisotopic (exact) mass is 306 g/mol. The van der Waals surface area contributed by atoms with E-state index in [0.717, 1.165) is 30.6 Å². The fraction of sp³-hybridized carbons (Fsp3) is 0.533. The predicted octanol–water partition coefficient (Wildman–Crippen LogP) is 3.77. The van der Waals surface area contributed by atoms with Crippen molar-refractivity contribution in [2.45, 2.75) is 44.9 Å². The number of hydrogen-bond acceptors (Lipinski definition) is 5. The quantitative estimate of drug-likeness (QED) is 0.910. The van der Waals surface area contributed by atoms with Crippen molar-refractivity contribution in [2.75, 3.05) is 0 Å². The number of nitrogens with zero attached hydrogens (tertiary/aromatic N) is 2. The normalized spacial score (nSPS) is 17.7. The van der Waals surface area contributed by atoms with Crippen LogP contribution in [0.3, 0.4) is 0 Å². The molecule has 2 aromatic rings.